The van der Waals surface area contributed by atoms with Crippen LogP contribution in [0.1, 0.15) is 5.56 Å². The molecular weight excluding hydrogens is 178 g/mol. The molecule has 1 aromatic heterocycles. The monoisotopic (exact) mass is 191 g/mol. The first-order valence-corrected chi connectivity index (χ1v) is 4.48. The summed E-state index contributed by atoms with van der Waals surface area (Å²) in [7, 11) is 3.64. The lowest BCUT2D eigenvalue weighted by Crippen LogP contribution is -1.84. The van der Waals surface area contributed by atoms with E-state index in [1.807, 2.05) is 23.9 Å². The fraction of sp³-hybridized carbons (Fsp3) is 0.273. The first-order valence-electron chi connectivity index (χ1n) is 4.48. The third-order valence-electron chi connectivity index (χ3n) is 2.36. The first-order chi connectivity index (χ1) is 6.72. The number of hydrogen-bond acceptors (Lipinski definition) is 2. The number of fused-ring (bicyclic) bond motifs is 1. The number of aromatic hydroxyl groups is 1. The Kier molecular flexibility index (Phi) is 2.17. The highest BCUT2D eigenvalue weighted by atomic mass is 16.5. The zero-order valence-corrected chi connectivity index (χ0v) is 8.32. The molecule has 0 atom stereocenters. The van der Waals surface area contributed by atoms with Crippen LogP contribution in [0.15, 0.2) is 24.4 Å². The summed E-state index contributed by atoms with van der Waals surface area (Å²) in [6.45, 7) is 0.599. The van der Waals surface area contributed by atoms with E-state index in [1.165, 1.54) is 0 Å². The Morgan fingerprint density at radius 1 is 1.43 bits per heavy atom. The van der Waals surface area contributed by atoms with E-state index in [2.05, 4.69) is 0 Å². The van der Waals surface area contributed by atoms with Crippen molar-refractivity contribution in [2.45, 2.75) is 6.61 Å². The van der Waals surface area contributed by atoms with Gasteiger partial charge in [-0.15, -0.1) is 0 Å². The Bertz CT molecular complexity index is 460. The highest BCUT2D eigenvalue weighted by Gasteiger charge is 2.06. The highest BCUT2D eigenvalue weighted by Crippen LogP contribution is 2.24. The van der Waals surface area contributed by atoms with Crippen molar-refractivity contribution in [1.29, 1.82) is 0 Å². The molecule has 0 spiro atoms. The van der Waals surface area contributed by atoms with E-state index in [-0.39, 0.29) is 0 Å². The van der Waals surface area contributed by atoms with Crippen LogP contribution in [-0.2, 0) is 18.4 Å². The third-order valence-corrected chi connectivity index (χ3v) is 2.36. The van der Waals surface area contributed by atoms with E-state index in [4.69, 9.17) is 4.74 Å². The number of hydrogen-bond donors (Lipinski definition) is 1. The Morgan fingerprint density at radius 3 is 2.93 bits per heavy atom. The van der Waals surface area contributed by atoms with Gasteiger partial charge in [-0.2, -0.15) is 0 Å². The number of rotatable bonds is 2. The minimum Gasteiger partial charge on any atom is -0.508 e. The van der Waals surface area contributed by atoms with Crippen molar-refractivity contribution in [1.82, 2.24) is 4.57 Å². The van der Waals surface area contributed by atoms with E-state index in [0.29, 0.717) is 12.4 Å². The number of nitrogens with zero attached hydrogens (tertiary/aromatic N) is 1. The fourth-order valence-electron chi connectivity index (χ4n) is 1.73. The number of aromatic nitrogens is 1. The average Bonchev–Trinajstić information content (AvgIpc) is 2.44. The molecule has 1 aromatic carbocycles. The lowest BCUT2D eigenvalue weighted by atomic mass is 10.2. The zero-order valence-electron chi connectivity index (χ0n) is 8.32. The molecular formula is C11H13NO2. The summed E-state index contributed by atoms with van der Waals surface area (Å²) in [6.07, 6.45) is 2.02. The van der Waals surface area contributed by atoms with Crippen molar-refractivity contribution in [3.63, 3.8) is 0 Å². The maximum absolute atomic E-state index is 9.35. The van der Waals surface area contributed by atoms with Gasteiger partial charge in [0.15, 0.2) is 0 Å². The second-order valence-corrected chi connectivity index (χ2v) is 3.40. The van der Waals surface area contributed by atoms with E-state index in [0.717, 1.165) is 16.5 Å². The SMILES string of the molecule is COCc1cn(C)c2cc(O)ccc12. The summed E-state index contributed by atoms with van der Waals surface area (Å²) < 4.78 is 7.09. The molecule has 74 valence electrons. The summed E-state index contributed by atoms with van der Waals surface area (Å²) in [5.41, 5.74) is 2.17. The van der Waals surface area contributed by atoms with E-state index in [9.17, 15) is 5.11 Å². The number of benzene rings is 1. The molecule has 0 unspecified atom stereocenters. The Balaban J connectivity index is 2.65. The first kappa shape index (κ1) is 9.09. The van der Waals surface area contributed by atoms with Gasteiger partial charge in [0, 0.05) is 37.4 Å². The molecule has 0 fully saturated rings. The van der Waals surface area contributed by atoms with Gasteiger partial charge in [0.2, 0.25) is 0 Å². The van der Waals surface area contributed by atoms with Crippen molar-refractivity contribution in [2.24, 2.45) is 7.05 Å². The van der Waals surface area contributed by atoms with Crippen molar-refractivity contribution in [3.05, 3.63) is 30.0 Å². The molecule has 2 rings (SSSR count). The van der Waals surface area contributed by atoms with Crippen molar-refractivity contribution in [3.8, 4) is 5.75 Å². The predicted molar refractivity (Wildman–Crippen MR) is 55.3 cm³/mol. The normalized spacial score (nSPS) is 11.0. The van der Waals surface area contributed by atoms with Gasteiger partial charge in [0.25, 0.3) is 0 Å². The van der Waals surface area contributed by atoms with Gasteiger partial charge in [-0.05, 0) is 12.1 Å². The number of methoxy groups -OCH3 is 1. The van der Waals surface area contributed by atoms with Crippen molar-refractivity contribution in [2.75, 3.05) is 7.11 Å². The van der Waals surface area contributed by atoms with Gasteiger partial charge in [-0.1, -0.05) is 0 Å². The summed E-state index contributed by atoms with van der Waals surface area (Å²) >= 11 is 0. The molecule has 3 nitrogen and oxygen atoms in total. The van der Waals surface area contributed by atoms with Gasteiger partial charge in [0.05, 0.1) is 12.1 Å². The van der Waals surface area contributed by atoms with Crippen molar-refractivity contribution >= 4 is 10.9 Å². The van der Waals surface area contributed by atoms with Gasteiger partial charge in [-0.25, -0.2) is 0 Å². The minimum atomic E-state index is 0.294. The number of ether oxygens (including phenoxy) is 1. The molecule has 0 bridgehead atoms. The largest absolute Gasteiger partial charge is 0.508 e. The van der Waals surface area contributed by atoms with Crippen LogP contribution in [0, 0.1) is 0 Å². The van der Waals surface area contributed by atoms with E-state index < -0.39 is 0 Å². The Hall–Kier alpha value is -1.48. The van der Waals surface area contributed by atoms with Crippen molar-refractivity contribution < 1.29 is 9.84 Å². The van der Waals surface area contributed by atoms with E-state index >= 15 is 0 Å². The molecule has 0 amide bonds. The van der Waals surface area contributed by atoms with Crippen LogP contribution in [0.3, 0.4) is 0 Å². The summed E-state index contributed by atoms with van der Waals surface area (Å²) in [5.74, 6) is 0.294. The topological polar surface area (TPSA) is 34.4 Å². The van der Waals surface area contributed by atoms with Crippen LogP contribution in [-0.4, -0.2) is 16.8 Å². The molecule has 2 aromatic rings. The molecule has 0 aliphatic carbocycles. The number of aryl methyl sites for hydroxylation is 1. The minimum absolute atomic E-state index is 0.294. The summed E-state index contributed by atoms with van der Waals surface area (Å²) in [6, 6.07) is 5.37. The maximum Gasteiger partial charge on any atom is 0.117 e. The molecule has 1 heterocycles. The number of phenols is 1. The summed E-state index contributed by atoms with van der Waals surface area (Å²) in [4.78, 5) is 0. The zero-order chi connectivity index (χ0) is 10.1. The summed E-state index contributed by atoms with van der Waals surface area (Å²) in [5, 5.41) is 10.5. The lowest BCUT2D eigenvalue weighted by Gasteiger charge is -1.97. The van der Waals surface area contributed by atoms with Gasteiger partial charge in [0.1, 0.15) is 5.75 Å². The predicted octanol–water partition coefficient (Wildman–Crippen LogP) is 2.03. The Labute approximate surface area is 82.5 Å². The molecule has 14 heavy (non-hydrogen) atoms. The van der Waals surface area contributed by atoms with Crippen LogP contribution in [0.4, 0.5) is 0 Å². The standard InChI is InChI=1S/C11H13NO2/c1-12-6-8(7-14-2)10-4-3-9(13)5-11(10)12/h3-6,13H,7H2,1-2H3. The van der Waals surface area contributed by atoms with Gasteiger partial charge in [-0.3, -0.25) is 0 Å². The lowest BCUT2D eigenvalue weighted by molar-refractivity contribution is 0.186. The molecule has 0 radical (unpaired) electrons. The quantitative estimate of drug-likeness (QED) is 0.788. The smallest absolute Gasteiger partial charge is 0.117 e. The second kappa shape index (κ2) is 3.35. The molecule has 1 N–H and O–H groups in total. The van der Waals surface area contributed by atoms with E-state index in [1.54, 1.807) is 19.2 Å². The molecule has 0 saturated heterocycles. The second-order valence-electron chi connectivity index (χ2n) is 3.40. The Morgan fingerprint density at radius 2 is 2.21 bits per heavy atom. The average molecular weight is 191 g/mol. The van der Waals surface area contributed by atoms with Crippen LogP contribution in [0.2, 0.25) is 0 Å². The highest BCUT2D eigenvalue weighted by molar-refractivity contribution is 5.85. The molecule has 0 saturated carbocycles. The fourth-order valence-corrected chi connectivity index (χ4v) is 1.73. The molecule has 0 aliphatic heterocycles. The number of phenolic OH excluding ortho intramolecular Hbond substituents is 1. The van der Waals surface area contributed by atoms with Crippen LogP contribution in [0.5, 0.6) is 5.75 Å². The third kappa shape index (κ3) is 1.36. The van der Waals surface area contributed by atoms with Crippen LogP contribution < -0.4 is 0 Å². The molecule has 0 aliphatic rings. The van der Waals surface area contributed by atoms with Crippen LogP contribution >= 0.6 is 0 Å². The maximum atomic E-state index is 9.35. The van der Waals surface area contributed by atoms with Crippen LogP contribution in [0.25, 0.3) is 10.9 Å². The molecule has 3 heteroatoms. The van der Waals surface area contributed by atoms with Gasteiger partial charge >= 0.3 is 0 Å². The van der Waals surface area contributed by atoms with Gasteiger partial charge < -0.3 is 14.4 Å².